The third-order valence-electron chi connectivity index (χ3n) is 2.24. The van der Waals surface area contributed by atoms with Gasteiger partial charge in [-0.3, -0.25) is 4.79 Å². The van der Waals surface area contributed by atoms with Crippen LogP contribution in [0.5, 0.6) is 0 Å². The van der Waals surface area contributed by atoms with E-state index in [0.29, 0.717) is 6.04 Å². The van der Waals surface area contributed by atoms with E-state index >= 15 is 0 Å². The number of amides is 1. The van der Waals surface area contributed by atoms with Crippen molar-refractivity contribution in [2.24, 2.45) is 0 Å². The molecule has 1 amide bonds. The van der Waals surface area contributed by atoms with E-state index < -0.39 is 0 Å². The van der Waals surface area contributed by atoms with E-state index in [2.05, 4.69) is 32.7 Å². The molecule has 14 heavy (non-hydrogen) atoms. The van der Waals surface area contributed by atoms with Crippen LogP contribution in [0.1, 0.15) is 34.1 Å². The largest absolute Gasteiger partial charge is 0.338 e. The maximum Gasteiger partial charge on any atom is 0.219 e. The quantitative estimate of drug-likeness (QED) is 0.593. The fraction of sp³-hybridized carbons (Fsp3) is 0.909. The lowest BCUT2D eigenvalue weighted by molar-refractivity contribution is -0.132. The van der Waals surface area contributed by atoms with Crippen molar-refractivity contribution in [2.45, 2.75) is 40.2 Å². The highest BCUT2D eigenvalue weighted by molar-refractivity contribution is 5.73. The molecule has 0 radical (unpaired) electrons. The number of hydrogen-bond acceptors (Lipinski definition) is 2. The van der Waals surface area contributed by atoms with Gasteiger partial charge >= 0.3 is 0 Å². The molecule has 0 aromatic rings. The van der Waals surface area contributed by atoms with Crippen molar-refractivity contribution in [1.29, 1.82) is 0 Å². The van der Waals surface area contributed by atoms with Gasteiger partial charge in [-0.2, -0.15) is 0 Å². The molecule has 3 heteroatoms. The maximum atomic E-state index is 11.0. The van der Waals surface area contributed by atoms with Crippen molar-refractivity contribution < 1.29 is 4.79 Å². The molecule has 84 valence electrons. The summed E-state index contributed by atoms with van der Waals surface area (Å²) in [7, 11) is 2.09. The first kappa shape index (κ1) is 13.4. The smallest absolute Gasteiger partial charge is 0.219 e. The summed E-state index contributed by atoms with van der Waals surface area (Å²) < 4.78 is 0. The summed E-state index contributed by atoms with van der Waals surface area (Å²) in [6, 6.07) is 0.381. The SMILES string of the molecule is CC(=O)N1CCN(C)CC1C.CCC. The minimum Gasteiger partial charge on any atom is -0.338 e. The molecule has 0 saturated carbocycles. The monoisotopic (exact) mass is 200 g/mol. The molecule has 1 atom stereocenters. The second-order valence-corrected chi connectivity index (χ2v) is 4.03. The first-order valence-corrected chi connectivity index (χ1v) is 5.48. The van der Waals surface area contributed by atoms with Crippen LogP contribution in [0.2, 0.25) is 0 Å². The molecule has 3 nitrogen and oxygen atoms in total. The van der Waals surface area contributed by atoms with E-state index in [9.17, 15) is 4.79 Å². The number of carbonyl (C=O) groups excluding carboxylic acids is 1. The molecule has 0 aromatic carbocycles. The third kappa shape index (κ3) is 4.61. The standard InChI is InChI=1S/C8H16N2O.C3H8/c1-7-6-9(3)4-5-10(7)8(2)11;1-3-2/h7H,4-6H2,1-3H3;3H2,1-2H3. The Morgan fingerprint density at radius 3 is 2.21 bits per heavy atom. The second kappa shape index (κ2) is 6.82. The van der Waals surface area contributed by atoms with Gasteiger partial charge in [0.05, 0.1) is 0 Å². The number of hydrogen-bond donors (Lipinski definition) is 0. The van der Waals surface area contributed by atoms with Gasteiger partial charge in [-0.1, -0.05) is 20.3 Å². The molecule has 1 aliphatic heterocycles. The Balaban J connectivity index is 0.000000500. The van der Waals surface area contributed by atoms with E-state index in [4.69, 9.17) is 0 Å². The first-order chi connectivity index (χ1) is 6.52. The Bertz CT molecular complexity index is 171. The molecular weight excluding hydrogens is 176 g/mol. The zero-order valence-corrected chi connectivity index (χ0v) is 10.2. The van der Waals surface area contributed by atoms with Crippen LogP contribution < -0.4 is 0 Å². The minimum atomic E-state index is 0.200. The molecule has 0 N–H and O–H groups in total. The van der Waals surface area contributed by atoms with Gasteiger partial charge in [0.2, 0.25) is 5.91 Å². The Kier molecular flexibility index (Phi) is 6.54. The second-order valence-electron chi connectivity index (χ2n) is 4.03. The Labute approximate surface area is 88.1 Å². The van der Waals surface area contributed by atoms with Crippen LogP contribution in [-0.4, -0.2) is 48.4 Å². The predicted octanol–water partition coefficient (Wildman–Crippen LogP) is 1.59. The van der Waals surface area contributed by atoms with E-state index in [-0.39, 0.29) is 5.91 Å². The normalized spacial score (nSPS) is 22.6. The lowest BCUT2D eigenvalue weighted by Crippen LogP contribution is -2.52. The number of piperazine rings is 1. The van der Waals surface area contributed by atoms with Crippen LogP contribution >= 0.6 is 0 Å². The molecule has 0 aliphatic carbocycles. The van der Waals surface area contributed by atoms with Crippen LogP contribution in [0, 0.1) is 0 Å². The Morgan fingerprint density at radius 1 is 1.36 bits per heavy atom. The fourth-order valence-corrected chi connectivity index (χ4v) is 1.61. The average molecular weight is 200 g/mol. The van der Waals surface area contributed by atoms with Gasteiger partial charge in [0, 0.05) is 32.6 Å². The van der Waals surface area contributed by atoms with E-state index in [1.165, 1.54) is 6.42 Å². The summed E-state index contributed by atoms with van der Waals surface area (Å²) in [6.07, 6.45) is 1.25. The lowest BCUT2D eigenvalue weighted by Gasteiger charge is -2.37. The molecular formula is C11H24N2O. The van der Waals surface area contributed by atoms with Gasteiger partial charge in [-0.25, -0.2) is 0 Å². The van der Waals surface area contributed by atoms with Gasteiger partial charge in [0.25, 0.3) is 0 Å². The molecule has 1 rings (SSSR count). The summed E-state index contributed by atoms with van der Waals surface area (Å²) in [5, 5.41) is 0. The number of carbonyl (C=O) groups is 1. The Morgan fingerprint density at radius 2 is 1.86 bits per heavy atom. The highest BCUT2D eigenvalue weighted by Gasteiger charge is 2.22. The third-order valence-corrected chi connectivity index (χ3v) is 2.24. The lowest BCUT2D eigenvalue weighted by atomic mass is 10.2. The van der Waals surface area contributed by atoms with Crippen molar-refractivity contribution in [3.05, 3.63) is 0 Å². The zero-order valence-electron chi connectivity index (χ0n) is 10.2. The van der Waals surface area contributed by atoms with Crippen molar-refractivity contribution >= 4 is 5.91 Å². The molecule has 1 fully saturated rings. The predicted molar refractivity (Wildman–Crippen MR) is 60.3 cm³/mol. The van der Waals surface area contributed by atoms with Crippen LogP contribution in [0.4, 0.5) is 0 Å². The van der Waals surface area contributed by atoms with E-state index in [1.54, 1.807) is 6.92 Å². The van der Waals surface area contributed by atoms with Crippen LogP contribution in [0.3, 0.4) is 0 Å². The van der Waals surface area contributed by atoms with Crippen LogP contribution in [0.15, 0.2) is 0 Å². The average Bonchev–Trinajstić information content (AvgIpc) is 2.04. The van der Waals surface area contributed by atoms with Crippen LogP contribution in [0.25, 0.3) is 0 Å². The summed E-state index contributed by atoms with van der Waals surface area (Å²) >= 11 is 0. The van der Waals surface area contributed by atoms with Crippen molar-refractivity contribution in [3.8, 4) is 0 Å². The highest BCUT2D eigenvalue weighted by atomic mass is 16.2. The molecule has 1 aliphatic rings. The zero-order chi connectivity index (χ0) is 11.1. The van der Waals surface area contributed by atoms with E-state index in [1.807, 2.05) is 4.90 Å². The summed E-state index contributed by atoms with van der Waals surface area (Å²) in [4.78, 5) is 15.2. The summed E-state index contributed by atoms with van der Waals surface area (Å²) in [6.45, 7) is 10.9. The van der Waals surface area contributed by atoms with Gasteiger partial charge < -0.3 is 9.80 Å². The molecule has 1 saturated heterocycles. The highest BCUT2D eigenvalue weighted by Crippen LogP contribution is 2.06. The fourth-order valence-electron chi connectivity index (χ4n) is 1.61. The van der Waals surface area contributed by atoms with E-state index in [0.717, 1.165) is 19.6 Å². The van der Waals surface area contributed by atoms with Crippen molar-refractivity contribution in [1.82, 2.24) is 9.80 Å². The number of rotatable bonds is 0. The molecule has 0 bridgehead atoms. The molecule has 0 aromatic heterocycles. The minimum absolute atomic E-state index is 0.200. The number of likely N-dealkylation sites (N-methyl/N-ethyl adjacent to an activating group) is 1. The van der Waals surface area contributed by atoms with Gasteiger partial charge in [0.15, 0.2) is 0 Å². The maximum absolute atomic E-state index is 11.0. The molecule has 1 heterocycles. The van der Waals surface area contributed by atoms with Crippen LogP contribution in [-0.2, 0) is 4.79 Å². The molecule has 1 unspecified atom stereocenters. The topological polar surface area (TPSA) is 23.6 Å². The van der Waals surface area contributed by atoms with Gasteiger partial charge in [-0.15, -0.1) is 0 Å². The summed E-state index contributed by atoms with van der Waals surface area (Å²) in [5.41, 5.74) is 0. The van der Waals surface area contributed by atoms with Crippen molar-refractivity contribution in [3.63, 3.8) is 0 Å². The van der Waals surface area contributed by atoms with Crippen molar-refractivity contribution in [2.75, 3.05) is 26.7 Å². The Hall–Kier alpha value is -0.570. The first-order valence-electron chi connectivity index (χ1n) is 5.48. The number of nitrogens with zero attached hydrogens (tertiary/aromatic N) is 2. The van der Waals surface area contributed by atoms with Gasteiger partial charge in [0.1, 0.15) is 0 Å². The summed E-state index contributed by atoms with van der Waals surface area (Å²) in [5.74, 6) is 0.200. The molecule has 0 spiro atoms. The van der Waals surface area contributed by atoms with Gasteiger partial charge in [-0.05, 0) is 14.0 Å².